The number of amides is 1. The van der Waals surface area contributed by atoms with Crippen LogP contribution in [0.15, 0.2) is 42.5 Å². The van der Waals surface area contributed by atoms with E-state index in [1.165, 1.54) is 0 Å². The third kappa shape index (κ3) is 5.69. The van der Waals surface area contributed by atoms with E-state index in [4.69, 9.17) is 9.72 Å². The Morgan fingerprint density at radius 1 is 0.943 bits per heavy atom. The Morgan fingerprint density at radius 2 is 1.66 bits per heavy atom. The van der Waals surface area contributed by atoms with Crippen molar-refractivity contribution in [2.45, 2.75) is 34.2 Å². The van der Waals surface area contributed by atoms with Crippen molar-refractivity contribution in [1.82, 2.24) is 14.8 Å². The molecule has 0 unspecified atom stereocenters. The third-order valence-electron chi connectivity index (χ3n) is 6.79. The first-order chi connectivity index (χ1) is 16.9. The summed E-state index contributed by atoms with van der Waals surface area (Å²) in [5, 5.41) is 4.02. The van der Waals surface area contributed by atoms with E-state index in [1.807, 2.05) is 70.2 Å². The molecule has 1 aliphatic heterocycles. The number of piperazine rings is 1. The maximum atomic E-state index is 12.8. The highest BCUT2D eigenvalue weighted by atomic mass is 16.5. The highest BCUT2D eigenvalue weighted by Crippen LogP contribution is 2.25. The largest absolute Gasteiger partial charge is 0.462 e. The molecule has 7 nitrogen and oxygen atoms in total. The van der Waals surface area contributed by atoms with Crippen molar-refractivity contribution in [3.8, 4) is 0 Å². The highest BCUT2D eigenvalue weighted by molar-refractivity contribution is 5.98. The molecule has 35 heavy (non-hydrogen) atoms. The number of rotatable bonds is 7. The lowest BCUT2D eigenvalue weighted by atomic mass is 10.0. The van der Waals surface area contributed by atoms with Crippen molar-refractivity contribution in [3.63, 3.8) is 0 Å². The van der Waals surface area contributed by atoms with Gasteiger partial charge in [0.25, 0.3) is 0 Å². The zero-order valence-electron chi connectivity index (χ0n) is 21.1. The standard InChI is InChI=1S/C28H34N4O3/c1-5-35-28(34)27-21(4)22-10-6-7-11-24(22)29-25(27)17-31-13-15-32(16-14-31)18-26(33)30-23-12-8-9-19(2)20(23)3/h6-12H,5,13-18H2,1-4H3,(H,30,33). The van der Waals surface area contributed by atoms with Gasteiger partial charge in [-0.05, 0) is 56.5 Å². The van der Waals surface area contributed by atoms with E-state index in [1.54, 1.807) is 0 Å². The highest BCUT2D eigenvalue weighted by Gasteiger charge is 2.24. The fraction of sp³-hybridized carbons (Fsp3) is 0.393. The van der Waals surface area contributed by atoms with Gasteiger partial charge in [-0.1, -0.05) is 30.3 Å². The molecule has 1 saturated heterocycles. The van der Waals surface area contributed by atoms with Crippen LogP contribution >= 0.6 is 0 Å². The number of aryl methyl sites for hydroxylation is 2. The lowest BCUT2D eigenvalue weighted by Gasteiger charge is -2.34. The van der Waals surface area contributed by atoms with E-state index in [9.17, 15) is 9.59 Å². The van der Waals surface area contributed by atoms with Gasteiger partial charge >= 0.3 is 5.97 Å². The van der Waals surface area contributed by atoms with Gasteiger partial charge in [0.15, 0.2) is 0 Å². The maximum absolute atomic E-state index is 12.8. The molecular formula is C28H34N4O3. The monoisotopic (exact) mass is 474 g/mol. The van der Waals surface area contributed by atoms with Gasteiger partial charge in [0.2, 0.25) is 5.91 Å². The molecule has 1 aliphatic rings. The quantitative estimate of drug-likeness (QED) is 0.520. The van der Waals surface area contributed by atoms with Gasteiger partial charge in [-0.3, -0.25) is 19.6 Å². The van der Waals surface area contributed by atoms with Gasteiger partial charge in [-0.15, -0.1) is 0 Å². The fourth-order valence-corrected chi connectivity index (χ4v) is 4.63. The summed E-state index contributed by atoms with van der Waals surface area (Å²) >= 11 is 0. The molecule has 3 aromatic rings. The molecule has 1 aromatic heterocycles. The Kier molecular flexibility index (Phi) is 7.78. The molecule has 0 aliphatic carbocycles. The molecule has 7 heteroatoms. The van der Waals surface area contributed by atoms with Gasteiger partial charge < -0.3 is 10.1 Å². The molecule has 0 radical (unpaired) electrons. The Bertz CT molecular complexity index is 1230. The average molecular weight is 475 g/mol. The van der Waals surface area contributed by atoms with E-state index in [-0.39, 0.29) is 11.9 Å². The number of carbonyl (C=O) groups is 2. The van der Waals surface area contributed by atoms with E-state index in [0.717, 1.165) is 65.2 Å². The minimum absolute atomic E-state index is 0.00330. The Balaban J connectivity index is 1.41. The molecule has 1 fully saturated rings. The fourth-order valence-electron chi connectivity index (χ4n) is 4.63. The lowest BCUT2D eigenvalue weighted by Crippen LogP contribution is -2.48. The topological polar surface area (TPSA) is 74.8 Å². The number of para-hydroxylation sites is 1. The van der Waals surface area contributed by atoms with E-state index in [2.05, 4.69) is 15.1 Å². The first-order valence-corrected chi connectivity index (χ1v) is 12.2. The average Bonchev–Trinajstić information content (AvgIpc) is 2.83. The number of anilines is 1. The molecule has 0 bridgehead atoms. The molecular weight excluding hydrogens is 440 g/mol. The predicted molar refractivity (Wildman–Crippen MR) is 139 cm³/mol. The number of hydrogen-bond donors (Lipinski definition) is 1. The summed E-state index contributed by atoms with van der Waals surface area (Å²) in [6, 6.07) is 13.8. The smallest absolute Gasteiger partial charge is 0.340 e. The molecule has 0 saturated carbocycles. The number of ether oxygens (including phenoxy) is 1. The number of pyridine rings is 1. The number of carbonyl (C=O) groups excluding carboxylic acids is 2. The minimum atomic E-state index is -0.319. The van der Waals surface area contributed by atoms with Crippen LogP contribution in [0.3, 0.4) is 0 Å². The number of fused-ring (bicyclic) bond motifs is 1. The molecule has 184 valence electrons. The van der Waals surface area contributed by atoms with Crippen molar-refractivity contribution in [2.24, 2.45) is 0 Å². The zero-order valence-corrected chi connectivity index (χ0v) is 21.1. The third-order valence-corrected chi connectivity index (χ3v) is 6.79. The number of aromatic nitrogens is 1. The first kappa shape index (κ1) is 24.8. The summed E-state index contributed by atoms with van der Waals surface area (Å²) in [5.41, 5.74) is 6.25. The van der Waals surface area contributed by atoms with E-state index < -0.39 is 0 Å². The van der Waals surface area contributed by atoms with Crippen LogP contribution in [0.1, 0.15) is 39.7 Å². The summed E-state index contributed by atoms with van der Waals surface area (Å²) in [4.78, 5) is 34.7. The zero-order chi connectivity index (χ0) is 24.9. The minimum Gasteiger partial charge on any atom is -0.462 e. The predicted octanol–water partition coefficient (Wildman–Crippen LogP) is 4.09. The van der Waals surface area contributed by atoms with Crippen LogP contribution in [0.5, 0.6) is 0 Å². The molecule has 1 N–H and O–H groups in total. The number of benzene rings is 2. The molecule has 4 rings (SSSR count). The lowest BCUT2D eigenvalue weighted by molar-refractivity contribution is -0.117. The SMILES string of the molecule is CCOC(=O)c1c(CN2CCN(CC(=O)Nc3cccc(C)c3C)CC2)nc2ccccc2c1C. The normalized spacial score (nSPS) is 14.7. The number of hydrogen-bond acceptors (Lipinski definition) is 6. The van der Waals surface area contributed by atoms with Gasteiger partial charge in [0, 0.05) is 43.8 Å². The second-order valence-corrected chi connectivity index (χ2v) is 9.14. The van der Waals surface area contributed by atoms with Crippen molar-refractivity contribution in [3.05, 3.63) is 70.4 Å². The number of nitrogens with zero attached hydrogens (tertiary/aromatic N) is 3. The van der Waals surface area contributed by atoms with Crippen LogP contribution in [-0.4, -0.2) is 66.0 Å². The van der Waals surface area contributed by atoms with Crippen molar-refractivity contribution < 1.29 is 14.3 Å². The summed E-state index contributed by atoms with van der Waals surface area (Å²) in [6.07, 6.45) is 0. The molecule has 0 spiro atoms. The Hall–Kier alpha value is -3.29. The van der Waals surface area contributed by atoms with Gasteiger partial charge in [0.05, 0.1) is 29.9 Å². The van der Waals surface area contributed by atoms with Crippen LogP contribution in [-0.2, 0) is 16.1 Å². The second kappa shape index (κ2) is 11.0. The van der Waals surface area contributed by atoms with E-state index in [0.29, 0.717) is 25.3 Å². The number of esters is 1. The van der Waals surface area contributed by atoms with Gasteiger partial charge in [0.1, 0.15) is 0 Å². The summed E-state index contributed by atoms with van der Waals surface area (Å²) in [5.74, 6) is -0.316. The van der Waals surface area contributed by atoms with Crippen LogP contribution < -0.4 is 5.32 Å². The summed E-state index contributed by atoms with van der Waals surface area (Å²) < 4.78 is 5.36. The van der Waals surface area contributed by atoms with Crippen LogP contribution in [0.4, 0.5) is 5.69 Å². The van der Waals surface area contributed by atoms with Crippen LogP contribution in [0.25, 0.3) is 10.9 Å². The Morgan fingerprint density at radius 3 is 2.40 bits per heavy atom. The van der Waals surface area contributed by atoms with Crippen molar-refractivity contribution in [1.29, 1.82) is 0 Å². The summed E-state index contributed by atoms with van der Waals surface area (Å²) in [7, 11) is 0. The maximum Gasteiger partial charge on any atom is 0.340 e. The molecule has 1 amide bonds. The molecule has 2 aromatic carbocycles. The van der Waals surface area contributed by atoms with Crippen molar-refractivity contribution >= 4 is 28.5 Å². The van der Waals surface area contributed by atoms with Crippen molar-refractivity contribution in [2.75, 3.05) is 44.6 Å². The van der Waals surface area contributed by atoms with E-state index >= 15 is 0 Å². The van der Waals surface area contributed by atoms with Gasteiger partial charge in [-0.25, -0.2) is 4.79 Å². The van der Waals surface area contributed by atoms with Crippen LogP contribution in [0.2, 0.25) is 0 Å². The molecule has 0 atom stereocenters. The molecule has 2 heterocycles. The number of nitrogens with one attached hydrogen (secondary N) is 1. The summed E-state index contributed by atoms with van der Waals surface area (Å²) in [6.45, 7) is 12.3. The Labute approximate surface area is 207 Å². The van der Waals surface area contributed by atoms with Gasteiger partial charge in [-0.2, -0.15) is 0 Å². The van der Waals surface area contributed by atoms with Crippen LogP contribution in [0, 0.1) is 20.8 Å². The first-order valence-electron chi connectivity index (χ1n) is 12.2. The second-order valence-electron chi connectivity index (χ2n) is 9.14.